The van der Waals surface area contributed by atoms with Crippen LogP contribution >= 0.6 is 23.2 Å². The van der Waals surface area contributed by atoms with E-state index in [1.807, 2.05) is 18.2 Å². The highest BCUT2D eigenvalue weighted by atomic mass is 35.5. The smallest absolute Gasteiger partial charge is 0.326 e. The molecular weight excluding hydrogens is 380 g/mol. The maximum absolute atomic E-state index is 13.2. The Morgan fingerprint density at radius 3 is 2.31 bits per heavy atom. The number of para-hydroxylation sites is 1. The van der Waals surface area contributed by atoms with Gasteiger partial charge in [0, 0.05) is 24.5 Å². The highest BCUT2D eigenvalue weighted by Gasteiger charge is 2.16. The van der Waals surface area contributed by atoms with E-state index in [1.54, 1.807) is 12.1 Å². The number of carbonyl (C=O) groups is 2. The monoisotopic (exact) mass is 397 g/mol. The molecule has 0 saturated heterocycles. The maximum Gasteiger partial charge on any atom is 0.326 e. The molecular formula is C18H18Cl2FN3O2. The molecule has 0 radical (unpaired) electrons. The first-order valence-electron chi connectivity index (χ1n) is 7.92. The summed E-state index contributed by atoms with van der Waals surface area (Å²) in [4.78, 5) is 24.3. The topological polar surface area (TPSA) is 61.4 Å². The lowest BCUT2D eigenvalue weighted by Crippen LogP contribution is -2.38. The molecule has 8 heteroatoms. The lowest BCUT2D eigenvalue weighted by molar-refractivity contribution is -0.119. The first-order valence-corrected chi connectivity index (χ1v) is 8.79. The Bertz CT molecular complexity index is 727. The number of amides is 3. The van der Waals surface area contributed by atoms with Gasteiger partial charge in [0.1, 0.15) is 5.82 Å². The number of anilines is 2. The van der Waals surface area contributed by atoms with Gasteiger partial charge in [-0.2, -0.15) is 0 Å². The quantitative estimate of drug-likeness (QED) is 0.543. The van der Waals surface area contributed by atoms with Crippen LogP contribution in [0.15, 0.2) is 54.6 Å². The third-order valence-corrected chi connectivity index (χ3v) is 3.86. The van der Waals surface area contributed by atoms with Gasteiger partial charge in [0.25, 0.3) is 5.91 Å². The third-order valence-electron chi connectivity index (χ3n) is 3.46. The molecule has 2 aromatic carbocycles. The Hall–Kier alpha value is -2.31. The summed E-state index contributed by atoms with van der Waals surface area (Å²) >= 11 is 10.9. The van der Waals surface area contributed by atoms with E-state index in [1.165, 1.54) is 29.2 Å². The third kappa shape index (κ3) is 6.20. The van der Waals surface area contributed by atoms with Gasteiger partial charge in [0.2, 0.25) is 0 Å². The SMILES string of the molecule is O=C(NCCCN(C(=O)Nc1ccccc1)c1ccc(F)cc1)C(Cl)Cl. The first-order chi connectivity index (χ1) is 12.5. The van der Waals surface area contributed by atoms with E-state index in [0.717, 1.165) is 0 Å². The molecule has 2 N–H and O–H groups in total. The van der Waals surface area contributed by atoms with Crippen molar-refractivity contribution < 1.29 is 14.0 Å². The number of nitrogens with zero attached hydrogens (tertiary/aromatic N) is 1. The number of carbonyl (C=O) groups excluding carboxylic acids is 2. The van der Waals surface area contributed by atoms with Crippen LogP contribution in [0.2, 0.25) is 0 Å². The zero-order valence-corrected chi connectivity index (χ0v) is 15.3. The number of benzene rings is 2. The second-order valence-corrected chi connectivity index (χ2v) is 6.47. The molecule has 0 unspecified atom stereocenters. The molecule has 0 aliphatic heterocycles. The predicted molar refractivity (Wildman–Crippen MR) is 102 cm³/mol. The van der Waals surface area contributed by atoms with Crippen molar-refractivity contribution in [1.82, 2.24) is 5.32 Å². The van der Waals surface area contributed by atoms with Crippen molar-refractivity contribution in [3.8, 4) is 0 Å². The lowest BCUT2D eigenvalue weighted by Gasteiger charge is -2.23. The van der Waals surface area contributed by atoms with Gasteiger partial charge < -0.3 is 10.6 Å². The minimum absolute atomic E-state index is 0.297. The highest BCUT2D eigenvalue weighted by molar-refractivity contribution is 6.53. The minimum Gasteiger partial charge on any atom is -0.354 e. The zero-order chi connectivity index (χ0) is 18.9. The molecule has 0 atom stereocenters. The molecule has 2 aromatic rings. The van der Waals surface area contributed by atoms with E-state index in [2.05, 4.69) is 10.6 Å². The van der Waals surface area contributed by atoms with Crippen molar-refractivity contribution in [1.29, 1.82) is 0 Å². The number of halogens is 3. The summed E-state index contributed by atoms with van der Waals surface area (Å²) in [5, 5.41) is 5.35. The molecule has 26 heavy (non-hydrogen) atoms. The summed E-state index contributed by atoms with van der Waals surface area (Å²) in [7, 11) is 0. The average molecular weight is 398 g/mol. The Labute approximate surface area is 161 Å². The maximum atomic E-state index is 13.2. The van der Waals surface area contributed by atoms with E-state index in [4.69, 9.17) is 23.2 Å². The molecule has 0 heterocycles. The van der Waals surface area contributed by atoms with Gasteiger partial charge in [-0.25, -0.2) is 9.18 Å². The molecule has 0 aliphatic carbocycles. The normalized spacial score (nSPS) is 10.5. The van der Waals surface area contributed by atoms with Gasteiger partial charge in [-0.05, 0) is 42.8 Å². The standard InChI is InChI=1S/C18H18Cl2FN3O2/c19-16(20)17(25)22-11-4-12-24(15-9-7-13(21)8-10-15)18(26)23-14-5-2-1-3-6-14/h1-3,5-10,16H,4,11-12H2,(H,22,25)(H,23,26). The van der Waals surface area contributed by atoms with E-state index in [9.17, 15) is 14.0 Å². The van der Waals surface area contributed by atoms with Crippen LogP contribution in [0, 0.1) is 5.82 Å². The second-order valence-electron chi connectivity index (χ2n) is 5.37. The molecule has 0 fully saturated rings. The summed E-state index contributed by atoms with van der Waals surface area (Å²) in [5.41, 5.74) is 1.18. The minimum atomic E-state index is -1.13. The fraction of sp³-hybridized carbons (Fsp3) is 0.222. The van der Waals surface area contributed by atoms with Crippen molar-refractivity contribution in [2.24, 2.45) is 0 Å². The number of hydrogen-bond acceptors (Lipinski definition) is 2. The van der Waals surface area contributed by atoms with Crippen LogP contribution in [0.3, 0.4) is 0 Å². The van der Waals surface area contributed by atoms with E-state index in [-0.39, 0.29) is 11.8 Å². The predicted octanol–water partition coefficient (Wildman–Crippen LogP) is 4.17. The molecule has 0 aliphatic rings. The molecule has 0 saturated carbocycles. The second kappa shape index (κ2) is 9.99. The number of hydrogen-bond donors (Lipinski definition) is 2. The van der Waals surface area contributed by atoms with Crippen LogP contribution in [-0.2, 0) is 4.79 Å². The highest BCUT2D eigenvalue weighted by Crippen LogP contribution is 2.17. The molecule has 0 spiro atoms. The number of urea groups is 1. The zero-order valence-electron chi connectivity index (χ0n) is 13.8. The Balaban J connectivity index is 2.03. The van der Waals surface area contributed by atoms with E-state index >= 15 is 0 Å². The van der Waals surface area contributed by atoms with Crippen LogP contribution in [0.25, 0.3) is 0 Å². The van der Waals surface area contributed by atoms with E-state index in [0.29, 0.717) is 30.9 Å². The molecule has 138 valence electrons. The first kappa shape index (κ1) is 20.0. The summed E-state index contributed by atoms with van der Waals surface area (Å²) in [6.07, 6.45) is 0.464. The molecule has 2 rings (SSSR count). The van der Waals surface area contributed by atoms with E-state index < -0.39 is 10.7 Å². The van der Waals surface area contributed by atoms with Crippen LogP contribution in [0.4, 0.5) is 20.6 Å². The summed E-state index contributed by atoms with van der Waals surface area (Å²) in [5.74, 6) is -0.880. The van der Waals surface area contributed by atoms with Crippen LogP contribution in [-0.4, -0.2) is 29.9 Å². The number of rotatable bonds is 7. The Morgan fingerprint density at radius 2 is 1.69 bits per heavy atom. The summed E-state index contributed by atoms with van der Waals surface area (Å²) in [6.45, 7) is 0.602. The lowest BCUT2D eigenvalue weighted by atomic mass is 10.2. The van der Waals surface area contributed by atoms with Crippen LogP contribution in [0.5, 0.6) is 0 Å². The van der Waals surface area contributed by atoms with Gasteiger partial charge >= 0.3 is 6.03 Å². The molecule has 0 bridgehead atoms. The average Bonchev–Trinajstić information content (AvgIpc) is 2.63. The fourth-order valence-electron chi connectivity index (χ4n) is 2.21. The van der Waals surface area contributed by atoms with Crippen LogP contribution < -0.4 is 15.5 Å². The Kier molecular flexibility index (Phi) is 7.69. The van der Waals surface area contributed by atoms with Crippen LogP contribution in [0.1, 0.15) is 6.42 Å². The summed E-state index contributed by atoms with van der Waals surface area (Å²) < 4.78 is 13.2. The van der Waals surface area contributed by atoms with Gasteiger partial charge in [0.15, 0.2) is 4.84 Å². The van der Waals surface area contributed by atoms with Crippen molar-refractivity contribution in [3.63, 3.8) is 0 Å². The fourth-order valence-corrected chi connectivity index (χ4v) is 2.36. The largest absolute Gasteiger partial charge is 0.354 e. The molecule has 0 aromatic heterocycles. The van der Waals surface area contributed by atoms with Crippen molar-refractivity contribution in [2.75, 3.05) is 23.3 Å². The van der Waals surface area contributed by atoms with Gasteiger partial charge in [0.05, 0.1) is 0 Å². The Morgan fingerprint density at radius 1 is 1.04 bits per heavy atom. The van der Waals surface area contributed by atoms with Gasteiger partial charge in [-0.1, -0.05) is 41.4 Å². The van der Waals surface area contributed by atoms with Crippen molar-refractivity contribution in [2.45, 2.75) is 11.3 Å². The molecule has 5 nitrogen and oxygen atoms in total. The number of nitrogens with one attached hydrogen (secondary N) is 2. The molecule has 3 amide bonds. The number of alkyl halides is 2. The van der Waals surface area contributed by atoms with Crippen molar-refractivity contribution in [3.05, 3.63) is 60.4 Å². The van der Waals surface area contributed by atoms with Crippen molar-refractivity contribution >= 4 is 46.5 Å². The summed E-state index contributed by atoms with van der Waals surface area (Å²) in [6, 6.07) is 14.2. The van der Waals surface area contributed by atoms with Gasteiger partial charge in [-0.15, -0.1) is 0 Å². The van der Waals surface area contributed by atoms with Gasteiger partial charge in [-0.3, -0.25) is 9.69 Å².